The van der Waals surface area contributed by atoms with E-state index in [0.29, 0.717) is 18.6 Å². The van der Waals surface area contributed by atoms with E-state index in [1.54, 1.807) is 0 Å². The highest BCUT2D eigenvalue weighted by atomic mass is 32.2. The molecule has 7 heteroatoms. The van der Waals surface area contributed by atoms with E-state index in [9.17, 15) is 18.0 Å². The molecule has 1 heterocycles. The van der Waals surface area contributed by atoms with Gasteiger partial charge in [-0.05, 0) is 34.9 Å². The van der Waals surface area contributed by atoms with Crippen molar-refractivity contribution in [2.45, 2.75) is 77.7 Å². The minimum Gasteiger partial charge on any atom is -0.447 e. The van der Waals surface area contributed by atoms with Gasteiger partial charge in [-0.15, -0.1) is 0 Å². The number of Topliss-reactive ketones (excluding diaryl/α,β-unsaturated/α-hetero) is 1. The molecule has 0 spiro atoms. The first-order valence-electron chi connectivity index (χ1n) is 10.7. The Labute approximate surface area is 184 Å². The standard InChI is InChI=1S/C24H31NO5S/c1-14(2)16-8-7-9-17(15(3)4)18(16)12-21(26)25-31(28,29)22-13-19-20(30-22)10-11-24(5,6)23(19)27/h7-9,13-15H,10-12H2,1-6H3,(H,25,26). The third kappa shape index (κ3) is 4.61. The number of carbonyl (C=O) groups is 2. The third-order valence-electron chi connectivity index (χ3n) is 5.97. The second-order valence-electron chi connectivity index (χ2n) is 9.55. The van der Waals surface area contributed by atoms with Crippen LogP contribution >= 0.6 is 0 Å². The SMILES string of the molecule is CC(C)c1cccc(C(C)C)c1CC(=O)NS(=O)(=O)c1cc2c(o1)CCC(C)(C)C2=O. The second kappa shape index (κ2) is 8.26. The van der Waals surface area contributed by atoms with Gasteiger partial charge in [-0.1, -0.05) is 59.7 Å². The number of sulfonamides is 1. The zero-order chi connectivity index (χ0) is 23.1. The number of amides is 1. The molecule has 1 aromatic carbocycles. The van der Waals surface area contributed by atoms with Crippen LogP contribution in [-0.4, -0.2) is 20.1 Å². The molecule has 3 rings (SSSR count). The number of rotatable bonds is 6. The van der Waals surface area contributed by atoms with E-state index in [4.69, 9.17) is 4.42 Å². The van der Waals surface area contributed by atoms with Crippen LogP contribution in [0.5, 0.6) is 0 Å². The maximum atomic E-state index is 12.8. The Bertz CT molecular complexity index is 1100. The Balaban J connectivity index is 1.86. The highest BCUT2D eigenvalue weighted by Crippen LogP contribution is 2.37. The average molecular weight is 446 g/mol. The van der Waals surface area contributed by atoms with Crippen LogP contribution in [0, 0.1) is 5.41 Å². The minimum atomic E-state index is -4.22. The van der Waals surface area contributed by atoms with E-state index >= 15 is 0 Å². The van der Waals surface area contributed by atoms with Gasteiger partial charge in [-0.25, -0.2) is 4.72 Å². The molecular weight excluding hydrogens is 414 g/mol. The molecule has 0 radical (unpaired) electrons. The number of hydrogen-bond donors (Lipinski definition) is 1. The Hall–Kier alpha value is -2.41. The lowest BCUT2D eigenvalue weighted by Crippen LogP contribution is -2.32. The summed E-state index contributed by atoms with van der Waals surface area (Å²) in [7, 11) is -4.22. The Morgan fingerprint density at radius 1 is 1.13 bits per heavy atom. The summed E-state index contributed by atoms with van der Waals surface area (Å²) in [5.74, 6) is -0.00770. The van der Waals surface area contributed by atoms with Crippen molar-refractivity contribution in [2.24, 2.45) is 5.41 Å². The monoisotopic (exact) mass is 445 g/mol. The predicted molar refractivity (Wildman–Crippen MR) is 119 cm³/mol. The van der Waals surface area contributed by atoms with E-state index < -0.39 is 26.4 Å². The number of aryl methyl sites for hydroxylation is 1. The molecule has 1 amide bonds. The summed E-state index contributed by atoms with van der Waals surface area (Å²) in [6.45, 7) is 11.8. The molecule has 1 aliphatic rings. The van der Waals surface area contributed by atoms with Gasteiger partial charge in [0.25, 0.3) is 10.0 Å². The van der Waals surface area contributed by atoms with Gasteiger partial charge < -0.3 is 4.42 Å². The second-order valence-corrected chi connectivity index (χ2v) is 11.2. The topological polar surface area (TPSA) is 93.4 Å². The number of fused-ring (bicyclic) bond motifs is 1. The number of carbonyl (C=O) groups excluding carboxylic acids is 2. The van der Waals surface area contributed by atoms with Crippen molar-refractivity contribution in [3.05, 3.63) is 52.3 Å². The van der Waals surface area contributed by atoms with Crippen molar-refractivity contribution in [1.82, 2.24) is 4.72 Å². The highest BCUT2D eigenvalue weighted by molar-refractivity contribution is 7.89. The molecule has 2 aromatic rings. The van der Waals surface area contributed by atoms with Crippen molar-refractivity contribution in [1.29, 1.82) is 0 Å². The Morgan fingerprint density at radius 3 is 2.26 bits per heavy atom. The molecule has 1 N–H and O–H groups in total. The summed E-state index contributed by atoms with van der Waals surface area (Å²) in [5, 5.41) is -0.391. The van der Waals surface area contributed by atoms with Gasteiger partial charge in [-0.3, -0.25) is 9.59 Å². The lowest BCUT2D eigenvalue weighted by Gasteiger charge is -2.26. The van der Waals surface area contributed by atoms with Crippen LogP contribution in [0.25, 0.3) is 0 Å². The van der Waals surface area contributed by atoms with Crippen LogP contribution in [0.15, 0.2) is 33.8 Å². The molecule has 0 unspecified atom stereocenters. The fourth-order valence-electron chi connectivity index (χ4n) is 4.12. The molecule has 0 bridgehead atoms. The summed E-state index contributed by atoms with van der Waals surface area (Å²) >= 11 is 0. The molecule has 0 saturated carbocycles. The van der Waals surface area contributed by atoms with E-state index in [1.807, 2.05) is 59.7 Å². The van der Waals surface area contributed by atoms with Gasteiger partial charge in [-0.2, -0.15) is 8.42 Å². The summed E-state index contributed by atoms with van der Waals surface area (Å²) < 4.78 is 33.3. The average Bonchev–Trinajstić information content (AvgIpc) is 3.10. The summed E-state index contributed by atoms with van der Waals surface area (Å²) in [6.07, 6.45) is 1.02. The first-order chi connectivity index (χ1) is 14.3. The van der Waals surface area contributed by atoms with Crippen molar-refractivity contribution in [3.8, 4) is 0 Å². The third-order valence-corrected chi connectivity index (χ3v) is 7.19. The summed E-state index contributed by atoms with van der Waals surface area (Å²) in [4.78, 5) is 25.4. The van der Waals surface area contributed by atoms with E-state index in [-0.39, 0.29) is 29.6 Å². The number of benzene rings is 1. The molecule has 1 aliphatic carbocycles. The first kappa shape index (κ1) is 23.3. The van der Waals surface area contributed by atoms with Crippen LogP contribution < -0.4 is 4.72 Å². The minimum absolute atomic E-state index is 0.0481. The predicted octanol–water partition coefficient (Wildman–Crippen LogP) is 4.73. The molecule has 0 atom stereocenters. The lowest BCUT2D eigenvalue weighted by atomic mass is 9.76. The summed E-state index contributed by atoms with van der Waals surface area (Å²) in [6, 6.07) is 7.16. The number of ketones is 1. The Kier molecular flexibility index (Phi) is 6.20. The fourth-order valence-corrected chi connectivity index (χ4v) is 5.08. The molecule has 0 saturated heterocycles. The van der Waals surface area contributed by atoms with Gasteiger partial charge in [0.05, 0.1) is 12.0 Å². The van der Waals surface area contributed by atoms with Crippen LogP contribution in [-0.2, 0) is 27.7 Å². The molecule has 31 heavy (non-hydrogen) atoms. The van der Waals surface area contributed by atoms with Gasteiger partial charge in [0.15, 0.2) is 5.78 Å². The number of nitrogens with one attached hydrogen (secondary N) is 1. The van der Waals surface area contributed by atoms with E-state index in [1.165, 1.54) is 6.07 Å². The van der Waals surface area contributed by atoms with Crippen molar-refractivity contribution < 1.29 is 22.4 Å². The van der Waals surface area contributed by atoms with Gasteiger partial charge in [0.2, 0.25) is 11.0 Å². The summed E-state index contributed by atoms with van der Waals surface area (Å²) in [5.41, 5.74) is 2.64. The molecule has 168 valence electrons. The van der Waals surface area contributed by atoms with Crippen LogP contribution in [0.3, 0.4) is 0 Å². The largest absolute Gasteiger partial charge is 0.447 e. The Morgan fingerprint density at radius 2 is 1.71 bits per heavy atom. The van der Waals surface area contributed by atoms with E-state index in [2.05, 4.69) is 4.72 Å². The van der Waals surface area contributed by atoms with Gasteiger partial charge in [0.1, 0.15) is 5.76 Å². The van der Waals surface area contributed by atoms with Gasteiger partial charge in [0, 0.05) is 17.9 Å². The van der Waals surface area contributed by atoms with Crippen molar-refractivity contribution >= 4 is 21.7 Å². The highest BCUT2D eigenvalue weighted by Gasteiger charge is 2.38. The molecular formula is C24H31NO5S. The lowest BCUT2D eigenvalue weighted by molar-refractivity contribution is -0.118. The van der Waals surface area contributed by atoms with Crippen LogP contribution in [0.2, 0.25) is 0 Å². The normalized spacial score (nSPS) is 15.9. The molecule has 6 nitrogen and oxygen atoms in total. The molecule has 0 fully saturated rings. The fraction of sp³-hybridized carbons (Fsp3) is 0.500. The smallest absolute Gasteiger partial charge is 0.297 e. The quantitative estimate of drug-likeness (QED) is 0.694. The zero-order valence-corrected chi connectivity index (χ0v) is 19.9. The number of furan rings is 1. The molecule has 1 aromatic heterocycles. The number of hydrogen-bond acceptors (Lipinski definition) is 5. The molecule has 0 aliphatic heterocycles. The van der Waals surface area contributed by atoms with Crippen molar-refractivity contribution in [2.75, 3.05) is 0 Å². The van der Waals surface area contributed by atoms with Crippen LogP contribution in [0.4, 0.5) is 0 Å². The maximum Gasteiger partial charge on any atom is 0.297 e. The zero-order valence-electron chi connectivity index (χ0n) is 19.0. The van der Waals surface area contributed by atoms with Crippen molar-refractivity contribution in [3.63, 3.8) is 0 Å². The van der Waals surface area contributed by atoms with E-state index in [0.717, 1.165) is 16.7 Å². The van der Waals surface area contributed by atoms with Gasteiger partial charge >= 0.3 is 0 Å². The maximum absolute atomic E-state index is 12.8. The van der Waals surface area contributed by atoms with Crippen LogP contribution in [0.1, 0.15) is 92.6 Å². The first-order valence-corrected chi connectivity index (χ1v) is 12.2.